The molecule has 0 aliphatic rings. The maximum atomic E-state index is 12.4. The van der Waals surface area contributed by atoms with Gasteiger partial charge in [-0.05, 0) is 30.3 Å². The van der Waals surface area contributed by atoms with E-state index in [4.69, 9.17) is 18.9 Å². The standard InChI is InChI=1S/C18H17NO8/c1-24-12-5-7-16(25-2)13(9-12)15(20)10-27-18(21)11-4-6-17(26-3)14(8-11)19(22)23/h4-9H,10H2,1-3H3. The Hall–Kier alpha value is -3.62. The van der Waals surface area contributed by atoms with Gasteiger partial charge in [-0.1, -0.05) is 0 Å². The number of nitrogens with zero attached hydrogens (tertiary/aromatic N) is 1. The zero-order valence-corrected chi connectivity index (χ0v) is 14.9. The summed E-state index contributed by atoms with van der Waals surface area (Å²) in [5.74, 6) is -0.639. The molecule has 0 radical (unpaired) electrons. The minimum absolute atomic E-state index is 0.00810. The third kappa shape index (κ3) is 4.51. The lowest BCUT2D eigenvalue weighted by molar-refractivity contribution is -0.385. The first-order chi connectivity index (χ1) is 12.9. The van der Waals surface area contributed by atoms with Crippen molar-refractivity contribution < 1.29 is 33.5 Å². The third-order valence-electron chi connectivity index (χ3n) is 3.65. The van der Waals surface area contributed by atoms with Gasteiger partial charge in [0.25, 0.3) is 0 Å². The first kappa shape index (κ1) is 19.7. The van der Waals surface area contributed by atoms with Crippen molar-refractivity contribution in [3.05, 3.63) is 57.6 Å². The molecule has 0 unspecified atom stereocenters. The Morgan fingerprint density at radius 2 is 1.63 bits per heavy atom. The lowest BCUT2D eigenvalue weighted by Gasteiger charge is -2.10. The van der Waals surface area contributed by atoms with E-state index in [1.165, 1.54) is 39.5 Å². The number of methoxy groups -OCH3 is 3. The second-order valence-electron chi connectivity index (χ2n) is 5.21. The van der Waals surface area contributed by atoms with Gasteiger partial charge in [0.15, 0.2) is 12.4 Å². The van der Waals surface area contributed by atoms with Gasteiger partial charge in [0.05, 0.1) is 37.4 Å². The molecule has 0 bridgehead atoms. The van der Waals surface area contributed by atoms with E-state index < -0.39 is 23.3 Å². The van der Waals surface area contributed by atoms with E-state index in [0.717, 1.165) is 6.07 Å². The van der Waals surface area contributed by atoms with Gasteiger partial charge in [0, 0.05) is 6.07 Å². The zero-order valence-electron chi connectivity index (χ0n) is 14.9. The molecule has 0 atom stereocenters. The van der Waals surface area contributed by atoms with Crippen LogP contribution in [0, 0.1) is 10.1 Å². The molecule has 2 rings (SSSR count). The number of nitro groups is 1. The highest BCUT2D eigenvalue weighted by Gasteiger charge is 2.21. The molecule has 9 nitrogen and oxygen atoms in total. The highest BCUT2D eigenvalue weighted by molar-refractivity contribution is 6.01. The van der Waals surface area contributed by atoms with E-state index in [9.17, 15) is 19.7 Å². The van der Waals surface area contributed by atoms with E-state index in [0.29, 0.717) is 11.5 Å². The number of nitro benzene ring substituents is 1. The number of ether oxygens (including phenoxy) is 4. The molecule has 0 amide bonds. The minimum atomic E-state index is -0.879. The van der Waals surface area contributed by atoms with Gasteiger partial charge < -0.3 is 18.9 Å². The molecule has 0 heterocycles. The van der Waals surface area contributed by atoms with E-state index in [1.54, 1.807) is 12.1 Å². The van der Waals surface area contributed by atoms with Crippen molar-refractivity contribution in [3.63, 3.8) is 0 Å². The highest BCUT2D eigenvalue weighted by atomic mass is 16.6. The summed E-state index contributed by atoms with van der Waals surface area (Å²) >= 11 is 0. The Morgan fingerprint density at radius 1 is 0.963 bits per heavy atom. The van der Waals surface area contributed by atoms with Gasteiger partial charge in [-0.15, -0.1) is 0 Å². The molecule has 0 spiro atoms. The second kappa shape index (κ2) is 8.65. The molecule has 9 heteroatoms. The Labute approximate surface area is 154 Å². The largest absolute Gasteiger partial charge is 0.497 e. The molecule has 0 aliphatic carbocycles. The van der Waals surface area contributed by atoms with Gasteiger partial charge in [-0.2, -0.15) is 0 Å². The first-order valence-corrected chi connectivity index (χ1v) is 7.66. The fourth-order valence-corrected chi connectivity index (χ4v) is 2.28. The molecule has 2 aromatic carbocycles. The van der Waals surface area contributed by atoms with E-state index in [1.807, 2.05) is 0 Å². The second-order valence-corrected chi connectivity index (χ2v) is 5.21. The van der Waals surface area contributed by atoms with Crippen LogP contribution in [-0.4, -0.2) is 44.6 Å². The Kier molecular flexibility index (Phi) is 6.32. The number of esters is 1. The van der Waals surface area contributed by atoms with Crippen LogP contribution >= 0.6 is 0 Å². The van der Waals surface area contributed by atoms with E-state index in [2.05, 4.69) is 0 Å². The Balaban J connectivity index is 2.15. The first-order valence-electron chi connectivity index (χ1n) is 7.66. The topological polar surface area (TPSA) is 114 Å². The molecule has 0 saturated carbocycles. The summed E-state index contributed by atoms with van der Waals surface area (Å²) in [5, 5.41) is 11.0. The molecule has 0 saturated heterocycles. The maximum Gasteiger partial charge on any atom is 0.338 e. The fourth-order valence-electron chi connectivity index (χ4n) is 2.28. The summed E-state index contributed by atoms with van der Waals surface area (Å²) in [6.07, 6.45) is 0. The monoisotopic (exact) mass is 375 g/mol. The lowest BCUT2D eigenvalue weighted by atomic mass is 10.1. The zero-order chi connectivity index (χ0) is 20.0. The van der Waals surface area contributed by atoms with Crippen molar-refractivity contribution in [2.45, 2.75) is 0 Å². The van der Waals surface area contributed by atoms with Crippen molar-refractivity contribution in [1.82, 2.24) is 0 Å². The van der Waals surface area contributed by atoms with Crippen molar-refractivity contribution >= 4 is 17.4 Å². The average molecular weight is 375 g/mol. The molecule has 2 aromatic rings. The van der Waals surface area contributed by atoms with Crippen LogP contribution in [0.5, 0.6) is 17.2 Å². The van der Waals surface area contributed by atoms with E-state index in [-0.39, 0.29) is 22.6 Å². The summed E-state index contributed by atoms with van der Waals surface area (Å²) in [4.78, 5) is 34.9. The predicted molar refractivity (Wildman–Crippen MR) is 93.8 cm³/mol. The normalized spacial score (nSPS) is 10.0. The molecule has 27 heavy (non-hydrogen) atoms. The van der Waals surface area contributed by atoms with Crippen molar-refractivity contribution in [2.24, 2.45) is 0 Å². The van der Waals surface area contributed by atoms with Gasteiger partial charge in [0.1, 0.15) is 11.5 Å². The highest BCUT2D eigenvalue weighted by Crippen LogP contribution is 2.28. The maximum absolute atomic E-state index is 12.4. The fraction of sp³-hybridized carbons (Fsp3) is 0.222. The number of benzene rings is 2. The van der Waals surface area contributed by atoms with Crippen molar-refractivity contribution in [3.8, 4) is 17.2 Å². The molecule has 0 fully saturated rings. The number of carbonyl (C=O) groups excluding carboxylic acids is 2. The smallest absolute Gasteiger partial charge is 0.338 e. The minimum Gasteiger partial charge on any atom is -0.497 e. The van der Waals surface area contributed by atoms with Crippen LogP contribution in [0.1, 0.15) is 20.7 Å². The van der Waals surface area contributed by atoms with Gasteiger partial charge in [0.2, 0.25) is 5.78 Å². The molecule has 0 N–H and O–H groups in total. The predicted octanol–water partition coefficient (Wildman–Crippen LogP) is 2.66. The van der Waals surface area contributed by atoms with Crippen LogP contribution in [-0.2, 0) is 4.74 Å². The lowest BCUT2D eigenvalue weighted by Crippen LogP contribution is -2.15. The van der Waals surface area contributed by atoms with Crippen LogP contribution in [0.15, 0.2) is 36.4 Å². The van der Waals surface area contributed by atoms with Crippen LogP contribution in [0.4, 0.5) is 5.69 Å². The summed E-state index contributed by atoms with van der Waals surface area (Å²) in [6, 6.07) is 8.26. The summed E-state index contributed by atoms with van der Waals surface area (Å²) in [7, 11) is 4.13. The molecular weight excluding hydrogens is 358 g/mol. The average Bonchev–Trinajstić information content (AvgIpc) is 2.70. The number of hydrogen-bond donors (Lipinski definition) is 0. The Morgan fingerprint density at radius 3 is 2.22 bits per heavy atom. The number of hydrogen-bond acceptors (Lipinski definition) is 8. The number of ketones is 1. The summed E-state index contributed by atoms with van der Waals surface area (Å²) in [6.45, 7) is -0.567. The number of rotatable bonds is 8. The van der Waals surface area contributed by atoms with Crippen molar-refractivity contribution in [1.29, 1.82) is 0 Å². The quantitative estimate of drug-likeness (QED) is 0.299. The molecule has 0 aliphatic heterocycles. The van der Waals surface area contributed by atoms with Gasteiger partial charge >= 0.3 is 11.7 Å². The summed E-state index contributed by atoms with van der Waals surface area (Å²) < 4.78 is 20.0. The van der Waals surface area contributed by atoms with Crippen LogP contribution in [0.25, 0.3) is 0 Å². The summed E-state index contributed by atoms with van der Waals surface area (Å²) in [5.41, 5.74) is -0.272. The molecule has 0 aromatic heterocycles. The van der Waals surface area contributed by atoms with Gasteiger partial charge in [-0.25, -0.2) is 4.79 Å². The van der Waals surface area contributed by atoms with Crippen LogP contribution in [0.2, 0.25) is 0 Å². The van der Waals surface area contributed by atoms with Crippen LogP contribution < -0.4 is 14.2 Å². The van der Waals surface area contributed by atoms with E-state index >= 15 is 0 Å². The van der Waals surface area contributed by atoms with Gasteiger partial charge in [-0.3, -0.25) is 14.9 Å². The Bertz CT molecular complexity index is 878. The molecule has 142 valence electrons. The third-order valence-corrected chi connectivity index (χ3v) is 3.65. The van der Waals surface area contributed by atoms with Crippen molar-refractivity contribution in [2.75, 3.05) is 27.9 Å². The van der Waals surface area contributed by atoms with Crippen LogP contribution in [0.3, 0.4) is 0 Å². The molecular formula is C18H17NO8. The number of carbonyl (C=O) groups is 2. The SMILES string of the molecule is COc1ccc(OC)c(C(=O)COC(=O)c2ccc(OC)c([N+](=O)[O-])c2)c1. The number of Topliss-reactive ketones (excluding diaryl/α,β-unsaturated/α-hetero) is 1.